The lowest BCUT2D eigenvalue weighted by Gasteiger charge is -2.23. The number of nitrogens with one attached hydrogen (secondary N) is 1. The monoisotopic (exact) mass is 316 g/mol. The fourth-order valence-electron chi connectivity index (χ4n) is 1.77. The Morgan fingerprint density at radius 2 is 1.77 bits per heavy atom. The molecule has 2 rings (SSSR count). The summed E-state index contributed by atoms with van der Waals surface area (Å²) >= 11 is 1.41. The van der Waals surface area contributed by atoms with E-state index in [2.05, 4.69) is 10.2 Å². The zero-order valence-corrected chi connectivity index (χ0v) is 13.4. The van der Waals surface area contributed by atoms with E-state index in [0.29, 0.717) is 5.69 Å². The predicted molar refractivity (Wildman–Crippen MR) is 87.2 cm³/mol. The summed E-state index contributed by atoms with van der Waals surface area (Å²) in [6.07, 6.45) is 0. The Morgan fingerprint density at radius 1 is 1.14 bits per heavy atom. The van der Waals surface area contributed by atoms with Crippen molar-refractivity contribution in [2.75, 3.05) is 11.1 Å². The van der Waals surface area contributed by atoms with Gasteiger partial charge in [0.15, 0.2) is 5.60 Å². The van der Waals surface area contributed by atoms with E-state index in [1.165, 1.54) is 18.7 Å². The smallest absolute Gasteiger partial charge is 0.260 e. The number of amides is 1. The molecule has 0 aliphatic rings. The first kappa shape index (κ1) is 16.5. The number of carbonyl (C=O) groups is 1. The van der Waals surface area contributed by atoms with Crippen molar-refractivity contribution in [1.82, 2.24) is 0 Å². The van der Waals surface area contributed by atoms with E-state index in [-0.39, 0.29) is 5.75 Å². The lowest BCUT2D eigenvalue weighted by Crippen LogP contribution is -2.44. The van der Waals surface area contributed by atoms with Crippen LogP contribution in [0.25, 0.3) is 0 Å². The highest BCUT2D eigenvalue weighted by atomic mass is 32.2. The number of hydrogen-bond acceptors (Lipinski definition) is 3. The molecule has 1 radical (unpaired) electrons. The maximum absolute atomic E-state index is 12.3. The minimum Gasteiger partial charge on any atom is -0.323 e. The van der Waals surface area contributed by atoms with Gasteiger partial charge in [-0.05, 0) is 43.4 Å². The second-order valence-electron chi connectivity index (χ2n) is 5.24. The van der Waals surface area contributed by atoms with Gasteiger partial charge in [0.25, 0.3) is 5.91 Å². The molecule has 22 heavy (non-hydrogen) atoms. The third kappa shape index (κ3) is 4.34. The summed E-state index contributed by atoms with van der Waals surface area (Å²) in [7, 11) is 0. The molecule has 1 N–H and O–H groups in total. The molecule has 0 aromatic heterocycles. The molecule has 5 heteroatoms. The SMILES string of the molecule is Cc1ccc(SC[C@@](C)(O[O])C(=O)Nc2ccccc2)cc1. The molecule has 2 aromatic carbocycles. The molecule has 0 heterocycles. The van der Waals surface area contributed by atoms with Gasteiger partial charge in [-0.15, -0.1) is 11.8 Å². The van der Waals surface area contributed by atoms with Gasteiger partial charge in [0.2, 0.25) is 0 Å². The van der Waals surface area contributed by atoms with Gasteiger partial charge < -0.3 is 5.32 Å². The molecule has 1 amide bonds. The maximum atomic E-state index is 12.3. The molecule has 0 aliphatic heterocycles. The highest BCUT2D eigenvalue weighted by Crippen LogP contribution is 2.26. The zero-order valence-electron chi connectivity index (χ0n) is 12.5. The third-order valence-electron chi connectivity index (χ3n) is 3.23. The predicted octanol–water partition coefficient (Wildman–Crippen LogP) is 3.85. The number of carbonyl (C=O) groups excluding carboxylic acids is 1. The van der Waals surface area contributed by atoms with Gasteiger partial charge in [-0.3, -0.25) is 4.79 Å². The van der Waals surface area contributed by atoms with Crippen LogP contribution < -0.4 is 5.32 Å². The second-order valence-corrected chi connectivity index (χ2v) is 6.28. The first-order valence-electron chi connectivity index (χ1n) is 6.90. The van der Waals surface area contributed by atoms with Crippen LogP contribution in [-0.2, 0) is 14.9 Å². The topological polar surface area (TPSA) is 58.2 Å². The molecule has 1 atom stereocenters. The fourth-order valence-corrected chi connectivity index (χ4v) is 2.72. The zero-order chi connectivity index (χ0) is 16.0. The molecule has 0 aliphatic carbocycles. The van der Waals surface area contributed by atoms with Crippen molar-refractivity contribution < 1.29 is 14.9 Å². The second kappa shape index (κ2) is 7.45. The van der Waals surface area contributed by atoms with Crippen LogP contribution in [0.4, 0.5) is 5.69 Å². The summed E-state index contributed by atoms with van der Waals surface area (Å²) in [5.74, 6) is -0.216. The molecule has 0 bridgehead atoms. The highest BCUT2D eigenvalue weighted by Gasteiger charge is 2.36. The van der Waals surface area contributed by atoms with E-state index in [9.17, 15) is 10.1 Å². The normalized spacial score (nSPS) is 13.4. The molecule has 0 fully saturated rings. The Balaban J connectivity index is 2.01. The van der Waals surface area contributed by atoms with Crippen molar-refractivity contribution in [2.24, 2.45) is 0 Å². The molecule has 4 nitrogen and oxygen atoms in total. The summed E-state index contributed by atoms with van der Waals surface area (Å²) in [4.78, 5) is 17.5. The first-order valence-corrected chi connectivity index (χ1v) is 7.89. The van der Waals surface area contributed by atoms with Crippen LogP contribution in [0.3, 0.4) is 0 Å². The van der Waals surface area contributed by atoms with Gasteiger partial charge in [0.05, 0.1) is 0 Å². The van der Waals surface area contributed by atoms with Crippen LogP contribution in [0.5, 0.6) is 0 Å². The number of rotatable bonds is 6. The molecule has 0 saturated carbocycles. The van der Waals surface area contributed by atoms with Gasteiger partial charge in [0, 0.05) is 16.3 Å². The Bertz CT molecular complexity index is 616. The number of aryl methyl sites for hydroxylation is 1. The summed E-state index contributed by atoms with van der Waals surface area (Å²) in [6, 6.07) is 16.9. The standard InChI is InChI=1S/C17H18NO3S/c1-13-8-10-15(11-9-13)22-12-17(2,21-20)16(19)18-14-6-4-3-5-7-14/h3-11H,12H2,1-2H3,(H,18,19)/t17-/m1/s1. The van der Waals surface area contributed by atoms with Crippen LogP contribution in [0.2, 0.25) is 0 Å². The minimum absolute atomic E-state index is 0.234. The summed E-state index contributed by atoms with van der Waals surface area (Å²) in [6.45, 7) is 3.51. The average molecular weight is 316 g/mol. The van der Waals surface area contributed by atoms with Crippen molar-refractivity contribution in [1.29, 1.82) is 0 Å². The van der Waals surface area contributed by atoms with Gasteiger partial charge in [-0.1, -0.05) is 35.9 Å². The molecule has 0 saturated heterocycles. The van der Waals surface area contributed by atoms with E-state index >= 15 is 0 Å². The Morgan fingerprint density at radius 3 is 2.36 bits per heavy atom. The largest absolute Gasteiger partial charge is 0.323 e. The quantitative estimate of drug-likeness (QED) is 0.500. The van der Waals surface area contributed by atoms with E-state index in [1.54, 1.807) is 12.1 Å². The summed E-state index contributed by atoms with van der Waals surface area (Å²) in [5.41, 5.74) is 0.357. The Kier molecular flexibility index (Phi) is 5.60. The van der Waals surface area contributed by atoms with Gasteiger partial charge in [-0.25, -0.2) is 0 Å². The van der Waals surface area contributed by atoms with Crippen molar-refractivity contribution >= 4 is 23.4 Å². The van der Waals surface area contributed by atoms with Gasteiger partial charge in [0.1, 0.15) is 0 Å². The van der Waals surface area contributed by atoms with Gasteiger partial charge >= 0.3 is 0 Å². The van der Waals surface area contributed by atoms with E-state index in [4.69, 9.17) is 0 Å². The summed E-state index contributed by atoms with van der Waals surface area (Å²) < 4.78 is 0. The lowest BCUT2D eigenvalue weighted by molar-refractivity contribution is -0.350. The Hall–Kier alpha value is -1.82. The van der Waals surface area contributed by atoms with Crippen molar-refractivity contribution in [3.05, 3.63) is 60.2 Å². The molecular formula is C17H18NO3S. The van der Waals surface area contributed by atoms with Crippen molar-refractivity contribution in [3.8, 4) is 0 Å². The average Bonchev–Trinajstić information content (AvgIpc) is 2.55. The van der Waals surface area contributed by atoms with Crippen LogP contribution in [0, 0.1) is 6.92 Å². The number of para-hydroxylation sites is 1. The number of thioether (sulfide) groups is 1. The number of anilines is 1. The van der Waals surface area contributed by atoms with E-state index in [1.807, 2.05) is 49.4 Å². The highest BCUT2D eigenvalue weighted by molar-refractivity contribution is 7.99. The molecule has 0 unspecified atom stereocenters. The minimum atomic E-state index is -1.44. The lowest BCUT2D eigenvalue weighted by atomic mass is 10.1. The van der Waals surface area contributed by atoms with Crippen molar-refractivity contribution in [3.63, 3.8) is 0 Å². The van der Waals surface area contributed by atoms with Crippen LogP contribution in [0.1, 0.15) is 12.5 Å². The van der Waals surface area contributed by atoms with E-state index < -0.39 is 11.5 Å². The van der Waals surface area contributed by atoms with Gasteiger partial charge in [-0.2, -0.15) is 4.89 Å². The molecule has 2 aromatic rings. The molecular weight excluding hydrogens is 298 g/mol. The summed E-state index contributed by atoms with van der Waals surface area (Å²) in [5, 5.41) is 13.8. The third-order valence-corrected chi connectivity index (χ3v) is 4.53. The van der Waals surface area contributed by atoms with Crippen LogP contribution in [0.15, 0.2) is 59.5 Å². The van der Waals surface area contributed by atoms with Crippen LogP contribution >= 0.6 is 11.8 Å². The van der Waals surface area contributed by atoms with E-state index in [0.717, 1.165) is 10.5 Å². The maximum Gasteiger partial charge on any atom is 0.260 e. The number of benzene rings is 2. The first-order chi connectivity index (χ1) is 10.5. The fraction of sp³-hybridized carbons (Fsp3) is 0.235. The van der Waals surface area contributed by atoms with Crippen molar-refractivity contribution in [2.45, 2.75) is 24.3 Å². The molecule has 115 valence electrons. The Labute approximate surface area is 134 Å². The molecule has 0 spiro atoms. The van der Waals surface area contributed by atoms with Crippen LogP contribution in [-0.4, -0.2) is 17.3 Å². The number of hydrogen-bond donors (Lipinski definition) is 1.